The molecule has 1 atom stereocenters. The summed E-state index contributed by atoms with van der Waals surface area (Å²) in [7, 11) is 0. The minimum atomic E-state index is -0.400. The fourth-order valence-corrected chi connectivity index (χ4v) is 1.28. The number of ether oxygens (including phenoxy) is 1. The first-order valence-electron chi connectivity index (χ1n) is 4.64. The van der Waals surface area contributed by atoms with E-state index in [0.717, 1.165) is 18.6 Å². The van der Waals surface area contributed by atoms with Crippen LogP contribution in [-0.4, -0.2) is 23.3 Å². The van der Waals surface area contributed by atoms with E-state index in [4.69, 9.17) is 4.74 Å². The van der Waals surface area contributed by atoms with Gasteiger partial charge in [0.2, 0.25) is 0 Å². The number of carbonyl (C=O) groups excluding carboxylic acids is 1. The lowest BCUT2D eigenvalue weighted by atomic mass is 10.1. The molecule has 3 heteroatoms. The molecule has 0 amide bonds. The molecule has 0 bridgehead atoms. The quantitative estimate of drug-likeness (QED) is 0.583. The van der Waals surface area contributed by atoms with Gasteiger partial charge in [0.1, 0.15) is 11.6 Å². The molecule has 1 aliphatic rings. The summed E-state index contributed by atoms with van der Waals surface area (Å²) in [5.41, 5.74) is 0.652. The summed E-state index contributed by atoms with van der Waals surface area (Å²) in [6.07, 6.45) is 1.73. The Bertz CT molecular complexity index is 238. The largest absolute Gasteiger partial charge is 0.458 e. The van der Waals surface area contributed by atoms with Crippen LogP contribution in [0.3, 0.4) is 0 Å². The molecule has 0 aromatic carbocycles. The van der Waals surface area contributed by atoms with Crippen LogP contribution in [0.5, 0.6) is 0 Å². The van der Waals surface area contributed by atoms with Crippen molar-refractivity contribution >= 4 is 11.7 Å². The average molecular weight is 183 g/mol. The van der Waals surface area contributed by atoms with Gasteiger partial charge in [-0.15, -0.1) is 0 Å². The Balaban J connectivity index is 2.50. The van der Waals surface area contributed by atoms with E-state index < -0.39 is 5.60 Å². The predicted octanol–water partition coefficient (Wildman–Crippen LogP) is 1.95. The highest BCUT2D eigenvalue weighted by atomic mass is 16.6. The zero-order chi connectivity index (χ0) is 10.1. The summed E-state index contributed by atoms with van der Waals surface area (Å²) in [4.78, 5) is 15.7. The first kappa shape index (κ1) is 10.2. The van der Waals surface area contributed by atoms with Crippen molar-refractivity contribution < 1.29 is 9.53 Å². The molecule has 0 saturated heterocycles. The Kier molecular flexibility index (Phi) is 2.74. The Morgan fingerprint density at radius 1 is 1.54 bits per heavy atom. The van der Waals surface area contributed by atoms with Crippen LogP contribution >= 0.6 is 0 Å². The van der Waals surface area contributed by atoms with Gasteiger partial charge in [0.15, 0.2) is 0 Å². The van der Waals surface area contributed by atoms with Gasteiger partial charge in [0.05, 0.1) is 0 Å². The molecule has 0 N–H and O–H groups in total. The molecule has 3 nitrogen and oxygen atoms in total. The number of rotatable bonds is 1. The van der Waals surface area contributed by atoms with Crippen LogP contribution in [0.25, 0.3) is 0 Å². The third-order valence-electron chi connectivity index (χ3n) is 1.83. The van der Waals surface area contributed by atoms with Crippen molar-refractivity contribution in [3.05, 3.63) is 0 Å². The second kappa shape index (κ2) is 3.48. The molecule has 0 aliphatic carbocycles. The van der Waals surface area contributed by atoms with E-state index in [-0.39, 0.29) is 12.0 Å². The molecule has 13 heavy (non-hydrogen) atoms. The summed E-state index contributed by atoms with van der Waals surface area (Å²) in [6.45, 7) is 7.56. The Hall–Kier alpha value is -0.860. The van der Waals surface area contributed by atoms with Gasteiger partial charge in [0, 0.05) is 5.71 Å². The van der Waals surface area contributed by atoms with Crippen LogP contribution in [-0.2, 0) is 9.53 Å². The van der Waals surface area contributed by atoms with Gasteiger partial charge in [-0.25, -0.2) is 4.79 Å². The molecule has 0 fully saturated rings. The molecular formula is C10H17NO2. The fraction of sp³-hybridized carbons (Fsp3) is 0.800. The van der Waals surface area contributed by atoms with E-state index in [1.807, 2.05) is 27.7 Å². The van der Waals surface area contributed by atoms with Gasteiger partial charge >= 0.3 is 5.97 Å². The summed E-state index contributed by atoms with van der Waals surface area (Å²) in [5.74, 6) is -0.190. The normalized spacial score (nSPS) is 22.8. The highest BCUT2D eigenvalue weighted by molar-refractivity contribution is 5.89. The lowest BCUT2D eigenvalue weighted by Gasteiger charge is -2.20. The molecule has 0 aromatic heterocycles. The van der Waals surface area contributed by atoms with Crippen molar-refractivity contribution in [2.45, 2.75) is 52.2 Å². The zero-order valence-electron chi connectivity index (χ0n) is 8.76. The molecule has 0 saturated carbocycles. The van der Waals surface area contributed by atoms with Gasteiger partial charge in [0.25, 0.3) is 0 Å². The molecule has 0 aromatic rings. The number of hydrogen-bond donors (Lipinski definition) is 0. The lowest BCUT2D eigenvalue weighted by Crippen LogP contribution is -2.29. The topological polar surface area (TPSA) is 38.7 Å². The Morgan fingerprint density at radius 3 is 2.54 bits per heavy atom. The van der Waals surface area contributed by atoms with Gasteiger partial charge in [-0.1, -0.05) is 0 Å². The monoisotopic (exact) mass is 183 g/mol. The smallest absolute Gasteiger partial charge is 0.331 e. The van der Waals surface area contributed by atoms with E-state index >= 15 is 0 Å². The number of carbonyl (C=O) groups is 1. The van der Waals surface area contributed by atoms with Crippen LogP contribution in [0.1, 0.15) is 40.5 Å². The predicted molar refractivity (Wildman–Crippen MR) is 52.0 cm³/mol. The number of aliphatic imine (C=N–C) groups is 1. The number of esters is 1. The van der Waals surface area contributed by atoms with E-state index in [9.17, 15) is 4.79 Å². The molecule has 1 heterocycles. The summed E-state index contributed by atoms with van der Waals surface area (Å²) >= 11 is 0. The van der Waals surface area contributed by atoms with Gasteiger partial charge in [-0.3, -0.25) is 4.99 Å². The van der Waals surface area contributed by atoms with Crippen LogP contribution in [0.15, 0.2) is 4.99 Å². The second-order valence-corrected chi connectivity index (χ2v) is 4.45. The molecular weight excluding hydrogens is 166 g/mol. The highest BCUT2D eigenvalue weighted by Crippen LogP contribution is 2.17. The van der Waals surface area contributed by atoms with Crippen molar-refractivity contribution in [3.63, 3.8) is 0 Å². The van der Waals surface area contributed by atoms with E-state index in [1.54, 1.807) is 0 Å². The van der Waals surface area contributed by atoms with E-state index in [2.05, 4.69) is 4.99 Å². The Labute approximate surface area is 79.2 Å². The molecule has 0 radical (unpaired) electrons. The van der Waals surface area contributed by atoms with Gasteiger partial charge < -0.3 is 4.74 Å². The minimum absolute atomic E-state index is 0.190. The lowest BCUT2D eigenvalue weighted by molar-refractivity contribution is -0.156. The number of nitrogens with zero attached hydrogens (tertiary/aromatic N) is 1. The maximum absolute atomic E-state index is 11.5. The zero-order valence-corrected chi connectivity index (χ0v) is 8.76. The van der Waals surface area contributed by atoms with Crippen LogP contribution < -0.4 is 0 Å². The van der Waals surface area contributed by atoms with E-state index in [1.165, 1.54) is 0 Å². The van der Waals surface area contributed by atoms with Gasteiger partial charge in [-0.05, 0) is 40.5 Å². The SMILES string of the molecule is CC1=N[C@H](C(=O)OC(C)(C)C)CC1. The first-order chi connectivity index (χ1) is 5.88. The standard InChI is InChI=1S/C10H17NO2/c1-7-5-6-8(11-7)9(12)13-10(2,3)4/h8H,5-6H2,1-4H3/t8-/m0/s1. The average Bonchev–Trinajstić information content (AvgIpc) is 2.31. The maximum Gasteiger partial charge on any atom is 0.331 e. The summed E-state index contributed by atoms with van der Waals surface area (Å²) in [5, 5.41) is 0. The molecule has 1 rings (SSSR count). The van der Waals surface area contributed by atoms with Gasteiger partial charge in [-0.2, -0.15) is 0 Å². The van der Waals surface area contributed by atoms with Crippen molar-refractivity contribution in [3.8, 4) is 0 Å². The van der Waals surface area contributed by atoms with Crippen LogP contribution in [0.2, 0.25) is 0 Å². The summed E-state index contributed by atoms with van der Waals surface area (Å²) in [6, 6.07) is -0.251. The van der Waals surface area contributed by atoms with Crippen LogP contribution in [0, 0.1) is 0 Å². The summed E-state index contributed by atoms with van der Waals surface area (Å²) < 4.78 is 5.22. The third kappa shape index (κ3) is 3.17. The number of hydrogen-bond acceptors (Lipinski definition) is 3. The van der Waals surface area contributed by atoms with Crippen LogP contribution in [0.4, 0.5) is 0 Å². The van der Waals surface area contributed by atoms with Crippen molar-refractivity contribution in [2.75, 3.05) is 0 Å². The highest BCUT2D eigenvalue weighted by Gasteiger charge is 2.27. The van der Waals surface area contributed by atoms with Crippen molar-refractivity contribution in [1.29, 1.82) is 0 Å². The fourth-order valence-electron chi connectivity index (χ4n) is 1.28. The molecule has 74 valence electrons. The third-order valence-corrected chi connectivity index (χ3v) is 1.83. The van der Waals surface area contributed by atoms with Crippen molar-refractivity contribution in [2.24, 2.45) is 4.99 Å². The second-order valence-electron chi connectivity index (χ2n) is 4.45. The van der Waals surface area contributed by atoms with E-state index in [0.29, 0.717) is 0 Å². The molecule has 0 unspecified atom stereocenters. The molecule has 0 spiro atoms. The molecule has 1 aliphatic heterocycles. The Morgan fingerprint density at radius 2 is 2.15 bits per heavy atom. The maximum atomic E-state index is 11.5. The van der Waals surface area contributed by atoms with Crippen molar-refractivity contribution in [1.82, 2.24) is 0 Å². The first-order valence-corrected chi connectivity index (χ1v) is 4.64. The minimum Gasteiger partial charge on any atom is -0.458 e.